The van der Waals surface area contributed by atoms with Crippen LogP contribution in [0.4, 0.5) is 10.2 Å². The molecule has 0 N–H and O–H groups in total. The number of ether oxygens (including phenoxy) is 1. The van der Waals surface area contributed by atoms with Crippen molar-refractivity contribution in [2.75, 3.05) is 32.1 Å². The van der Waals surface area contributed by atoms with Crippen LogP contribution in [0.25, 0.3) is 5.69 Å². The summed E-state index contributed by atoms with van der Waals surface area (Å²) in [6.45, 7) is 1.88. The maximum atomic E-state index is 13.7. The zero-order chi connectivity index (χ0) is 20.4. The summed E-state index contributed by atoms with van der Waals surface area (Å²) in [6, 6.07) is 10.2. The van der Waals surface area contributed by atoms with Crippen molar-refractivity contribution in [2.24, 2.45) is 0 Å². The molecule has 0 saturated carbocycles. The van der Waals surface area contributed by atoms with E-state index in [1.54, 1.807) is 23.0 Å². The molecule has 1 amide bonds. The number of carbonyl (C=O) groups excluding carboxylic acids is 1. The molecule has 6 nitrogen and oxygen atoms in total. The number of methoxy groups -OCH3 is 1. The minimum absolute atomic E-state index is 0.0310. The molecule has 1 aliphatic rings. The highest BCUT2D eigenvalue weighted by atomic mass is 32.1. The van der Waals surface area contributed by atoms with Gasteiger partial charge in [0.15, 0.2) is 17.4 Å². The number of rotatable bonds is 5. The third-order valence-electron chi connectivity index (χ3n) is 5.23. The van der Waals surface area contributed by atoms with Crippen LogP contribution in [-0.2, 0) is 0 Å². The molecule has 0 radical (unpaired) electrons. The molecule has 1 fully saturated rings. The molecule has 3 heterocycles. The van der Waals surface area contributed by atoms with Gasteiger partial charge in [0.25, 0.3) is 5.91 Å². The van der Waals surface area contributed by atoms with Crippen LogP contribution in [-0.4, -0.2) is 53.9 Å². The highest BCUT2D eigenvalue weighted by molar-refractivity contribution is 7.12. The van der Waals surface area contributed by atoms with Crippen molar-refractivity contribution in [1.82, 2.24) is 14.7 Å². The highest BCUT2D eigenvalue weighted by Crippen LogP contribution is 2.27. The molecular weight excluding hydrogens is 391 g/mol. The van der Waals surface area contributed by atoms with Gasteiger partial charge in [0, 0.05) is 24.4 Å². The van der Waals surface area contributed by atoms with Crippen LogP contribution in [0.15, 0.2) is 48.0 Å². The van der Waals surface area contributed by atoms with Crippen molar-refractivity contribution in [3.8, 4) is 11.4 Å². The summed E-state index contributed by atoms with van der Waals surface area (Å²) in [4.78, 5) is 18.1. The fourth-order valence-electron chi connectivity index (χ4n) is 3.61. The Labute approximate surface area is 173 Å². The number of hydrogen-bond donors (Lipinski definition) is 0. The molecule has 0 spiro atoms. The minimum Gasteiger partial charge on any atom is -0.494 e. The minimum atomic E-state index is -0.426. The summed E-state index contributed by atoms with van der Waals surface area (Å²) in [7, 11) is 3.52. The van der Waals surface area contributed by atoms with Gasteiger partial charge in [0.2, 0.25) is 0 Å². The van der Waals surface area contributed by atoms with E-state index < -0.39 is 5.82 Å². The number of aromatic nitrogens is 2. The first-order chi connectivity index (χ1) is 14.1. The van der Waals surface area contributed by atoms with Gasteiger partial charge in [-0.1, -0.05) is 6.07 Å². The molecular formula is C21H23FN4O2S. The number of halogens is 1. The molecule has 0 bridgehead atoms. The number of thiophene rings is 1. The predicted molar refractivity (Wildman–Crippen MR) is 112 cm³/mol. The quantitative estimate of drug-likeness (QED) is 0.637. The summed E-state index contributed by atoms with van der Waals surface area (Å²) in [5.74, 6) is 0.295. The van der Waals surface area contributed by atoms with E-state index in [-0.39, 0.29) is 17.7 Å². The van der Waals surface area contributed by atoms with Crippen molar-refractivity contribution in [2.45, 2.75) is 18.9 Å². The van der Waals surface area contributed by atoms with E-state index in [0.717, 1.165) is 25.9 Å². The second-order valence-electron chi connectivity index (χ2n) is 7.12. The van der Waals surface area contributed by atoms with E-state index >= 15 is 0 Å². The van der Waals surface area contributed by atoms with E-state index in [9.17, 15) is 9.18 Å². The van der Waals surface area contributed by atoms with E-state index in [1.807, 2.05) is 28.5 Å². The first-order valence-electron chi connectivity index (χ1n) is 9.52. The van der Waals surface area contributed by atoms with Crippen LogP contribution >= 0.6 is 11.3 Å². The van der Waals surface area contributed by atoms with E-state index in [4.69, 9.17) is 4.74 Å². The molecule has 0 aliphatic carbocycles. The van der Waals surface area contributed by atoms with Gasteiger partial charge in [0.1, 0.15) is 0 Å². The summed E-state index contributed by atoms with van der Waals surface area (Å²) in [5.41, 5.74) is 0.668. The molecule has 8 heteroatoms. The van der Waals surface area contributed by atoms with Crippen LogP contribution in [0.2, 0.25) is 0 Å². The lowest BCUT2D eigenvalue weighted by Crippen LogP contribution is -2.47. The molecule has 29 heavy (non-hydrogen) atoms. The number of benzene rings is 1. The zero-order valence-electron chi connectivity index (χ0n) is 16.4. The SMILES string of the molecule is COc1cc(-n2ccc(N(C(=O)c3cccs3)C3CCN(C)CC3)n2)ccc1F. The van der Waals surface area contributed by atoms with Gasteiger partial charge in [0.05, 0.1) is 17.7 Å². The number of anilines is 1. The van der Waals surface area contributed by atoms with Gasteiger partial charge in [-0.2, -0.15) is 0 Å². The van der Waals surface area contributed by atoms with Gasteiger partial charge >= 0.3 is 0 Å². The molecule has 1 saturated heterocycles. The number of amides is 1. The number of hydrogen-bond acceptors (Lipinski definition) is 5. The number of piperidine rings is 1. The average Bonchev–Trinajstić information content (AvgIpc) is 3.42. The maximum absolute atomic E-state index is 13.7. The fourth-order valence-corrected chi connectivity index (χ4v) is 4.27. The van der Waals surface area contributed by atoms with Crippen LogP contribution < -0.4 is 9.64 Å². The lowest BCUT2D eigenvalue weighted by atomic mass is 10.0. The number of likely N-dealkylation sites (tertiary alicyclic amines) is 1. The van der Waals surface area contributed by atoms with Crippen molar-refractivity contribution < 1.29 is 13.9 Å². The smallest absolute Gasteiger partial charge is 0.269 e. The lowest BCUT2D eigenvalue weighted by molar-refractivity contribution is 0.0966. The monoisotopic (exact) mass is 414 g/mol. The van der Waals surface area contributed by atoms with Gasteiger partial charge in [-0.15, -0.1) is 16.4 Å². The fraction of sp³-hybridized carbons (Fsp3) is 0.333. The van der Waals surface area contributed by atoms with Gasteiger partial charge in [-0.3, -0.25) is 9.69 Å². The lowest BCUT2D eigenvalue weighted by Gasteiger charge is -2.36. The summed E-state index contributed by atoms with van der Waals surface area (Å²) >= 11 is 1.43. The Kier molecular flexibility index (Phi) is 5.64. The third-order valence-corrected chi connectivity index (χ3v) is 6.08. The summed E-state index contributed by atoms with van der Waals surface area (Å²) < 4.78 is 20.5. The van der Waals surface area contributed by atoms with E-state index in [0.29, 0.717) is 16.4 Å². The van der Waals surface area contributed by atoms with Crippen molar-refractivity contribution in [1.29, 1.82) is 0 Å². The highest BCUT2D eigenvalue weighted by Gasteiger charge is 2.31. The molecule has 0 unspecified atom stereocenters. The Morgan fingerprint density at radius 1 is 1.28 bits per heavy atom. The normalized spacial score (nSPS) is 15.4. The molecule has 3 aromatic rings. The Morgan fingerprint density at radius 3 is 2.76 bits per heavy atom. The van der Waals surface area contributed by atoms with Gasteiger partial charge in [-0.25, -0.2) is 9.07 Å². The molecule has 4 rings (SSSR count). The van der Waals surface area contributed by atoms with Gasteiger partial charge < -0.3 is 9.64 Å². The van der Waals surface area contributed by atoms with Crippen LogP contribution in [0.5, 0.6) is 5.75 Å². The van der Waals surface area contributed by atoms with Crippen LogP contribution in [0.3, 0.4) is 0 Å². The van der Waals surface area contributed by atoms with Crippen LogP contribution in [0, 0.1) is 5.82 Å². The second kappa shape index (κ2) is 8.34. The average molecular weight is 415 g/mol. The molecule has 0 atom stereocenters. The Morgan fingerprint density at radius 2 is 2.07 bits per heavy atom. The molecule has 1 aromatic carbocycles. The van der Waals surface area contributed by atoms with Crippen molar-refractivity contribution in [3.63, 3.8) is 0 Å². The van der Waals surface area contributed by atoms with Crippen LogP contribution in [0.1, 0.15) is 22.5 Å². The zero-order valence-corrected chi connectivity index (χ0v) is 17.2. The first kappa shape index (κ1) is 19.6. The van der Waals surface area contributed by atoms with Gasteiger partial charge in [-0.05, 0) is 56.6 Å². The largest absolute Gasteiger partial charge is 0.494 e. The standard InChI is InChI=1S/C21H23FN4O2S/c1-24-10-7-15(8-11-24)26(21(27)19-4-3-13-29-19)20-9-12-25(23-20)16-5-6-17(22)18(14-16)28-2/h3-6,9,12-15H,7-8,10-11H2,1-2H3. The topological polar surface area (TPSA) is 50.6 Å². The predicted octanol–water partition coefficient (Wildman–Crippen LogP) is 3.82. The van der Waals surface area contributed by atoms with Crippen molar-refractivity contribution in [3.05, 3.63) is 58.7 Å². The second-order valence-corrected chi connectivity index (χ2v) is 8.07. The summed E-state index contributed by atoms with van der Waals surface area (Å²) in [6.07, 6.45) is 3.57. The molecule has 2 aromatic heterocycles. The van der Waals surface area contributed by atoms with E-state index in [2.05, 4.69) is 17.0 Å². The van der Waals surface area contributed by atoms with E-state index in [1.165, 1.54) is 24.5 Å². The molecule has 152 valence electrons. The Balaban J connectivity index is 1.67. The maximum Gasteiger partial charge on any atom is 0.269 e. The Hall–Kier alpha value is -2.71. The summed E-state index contributed by atoms with van der Waals surface area (Å²) in [5, 5.41) is 6.55. The Bertz CT molecular complexity index is 980. The molecule has 1 aliphatic heterocycles. The number of carbonyl (C=O) groups is 1. The third kappa shape index (κ3) is 4.04. The number of nitrogens with zero attached hydrogens (tertiary/aromatic N) is 4. The first-order valence-corrected chi connectivity index (χ1v) is 10.4. The van der Waals surface area contributed by atoms with Crippen molar-refractivity contribution >= 4 is 23.1 Å².